The largest absolute Gasteiger partial charge is 0.392 e. The molecular formula is C21H29N5O4. The molecule has 1 aromatic carbocycles. The van der Waals surface area contributed by atoms with Crippen LogP contribution in [0.1, 0.15) is 38.8 Å². The summed E-state index contributed by atoms with van der Waals surface area (Å²) in [6.07, 6.45) is 1.18. The summed E-state index contributed by atoms with van der Waals surface area (Å²) < 4.78 is 1.53. The monoisotopic (exact) mass is 415 g/mol. The Morgan fingerprint density at radius 3 is 2.50 bits per heavy atom. The molecule has 2 amide bonds. The molecule has 0 bridgehead atoms. The Labute approximate surface area is 175 Å². The predicted molar refractivity (Wildman–Crippen MR) is 110 cm³/mol. The van der Waals surface area contributed by atoms with E-state index in [2.05, 4.69) is 15.6 Å². The number of likely N-dealkylation sites (N-methyl/N-ethyl adjacent to an activating group) is 1. The van der Waals surface area contributed by atoms with Crippen molar-refractivity contribution in [2.24, 2.45) is 5.41 Å². The van der Waals surface area contributed by atoms with Crippen molar-refractivity contribution in [3.8, 4) is 11.3 Å². The molecule has 0 aliphatic carbocycles. The SMILES string of the molecule is CNC(=O)[C@@H]1C[C@@H](O)CN1C(=O)[C@@H](n1cc(-c2ccc(CO)cc2)nn1)C(C)(C)C. The van der Waals surface area contributed by atoms with Gasteiger partial charge in [-0.3, -0.25) is 9.59 Å². The summed E-state index contributed by atoms with van der Waals surface area (Å²) in [6.45, 7) is 5.84. The number of nitrogens with one attached hydrogen (secondary N) is 1. The minimum absolute atomic E-state index is 0.0399. The molecule has 1 aliphatic rings. The average Bonchev–Trinajstić information content (AvgIpc) is 3.33. The van der Waals surface area contributed by atoms with Gasteiger partial charge in [0.15, 0.2) is 0 Å². The number of benzene rings is 1. The highest BCUT2D eigenvalue weighted by Gasteiger charge is 2.45. The summed E-state index contributed by atoms with van der Waals surface area (Å²) in [5, 5.41) is 30.3. The van der Waals surface area contributed by atoms with Gasteiger partial charge in [-0.05, 0) is 11.0 Å². The third-order valence-corrected chi connectivity index (χ3v) is 5.37. The highest BCUT2D eigenvalue weighted by Crippen LogP contribution is 2.35. The average molecular weight is 415 g/mol. The van der Waals surface area contributed by atoms with Gasteiger partial charge in [-0.1, -0.05) is 50.3 Å². The molecule has 1 aliphatic heterocycles. The van der Waals surface area contributed by atoms with Gasteiger partial charge in [0.05, 0.1) is 18.9 Å². The maximum Gasteiger partial charge on any atom is 0.248 e. The number of nitrogens with zero attached hydrogens (tertiary/aromatic N) is 4. The van der Waals surface area contributed by atoms with Crippen LogP contribution < -0.4 is 5.32 Å². The zero-order valence-corrected chi connectivity index (χ0v) is 17.7. The summed E-state index contributed by atoms with van der Waals surface area (Å²) in [5.41, 5.74) is 1.70. The molecule has 1 saturated heterocycles. The molecule has 9 nitrogen and oxygen atoms in total. The Balaban J connectivity index is 1.92. The number of aliphatic hydroxyl groups excluding tert-OH is 2. The van der Waals surface area contributed by atoms with Gasteiger partial charge in [-0.25, -0.2) is 4.68 Å². The van der Waals surface area contributed by atoms with Crippen molar-refractivity contribution in [1.29, 1.82) is 0 Å². The maximum absolute atomic E-state index is 13.5. The minimum Gasteiger partial charge on any atom is -0.392 e. The lowest BCUT2D eigenvalue weighted by Crippen LogP contribution is -2.49. The van der Waals surface area contributed by atoms with E-state index < -0.39 is 23.6 Å². The number of carbonyl (C=O) groups is 2. The number of aromatic nitrogens is 3. The van der Waals surface area contributed by atoms with E-state index in [1.807, 2.05) is 32.9 Å². The van der Waals surface area contributed by atoms with Gasteiger partial charge >= 0.3 is 0 Å². The lowest BCUT2D eigenvalue weighted by molar-refractivity contribution is -0.144. The topological polar surface area (TPSA) is 121 Å². The molecule has 3 rings (SSSR count). The fourth-order valence-corrected chi connectivity index (χ4v) is 3.83. The summed E-state index contributed by atoms with van der Waals surface area (Å²) in [5.74, 6) is -0.574. The molecule has 2 heterocycles. The van der Waals surface area contributed by atoms with Gasteiger partial charge in [0.25, 0.3) is 0 Å². The van der Waals surface area contributed by atoms with Crippen molar-refractivity contribution in [2.75, 3.05) is 13.6 Å². The summed E-state index contributed by atoms with van der Waals surface area (Å²) >= 11 is 0. The van der Waals surface area contributed by atoms with Gasteiger partial charge in [-0.2, -0.15) is 0 Å². The van der Waals surface area contributed by atoms with E-state index in [0.717, 1.165) is 11.1 Å². The van der Waals surface area contributed by atoms with Crippen molar-refractivity contribution >= 4 is 11.8 Å². The summed E-state index contributed by atoms with van der Waals surface area (Å²) in [6, 6.07) is 5.88. The third kappa shape index (κ3) is 4.36. The second kappa shape index (κ2) is 8.53. The van der Waals surface area contributed by atoms with Crippen LogP contribution in [0.3, 0.4) is 0 Å². The first-order chi connectivity index (χ1) is 14.2. The Bertz CT molecular complexity index is 903. The first-order valence-corrected chi connectivity index (χ1v) is 9.98. The molecule has 162 valence electrons. The van der Waals surface area contributed by atoms with Crippen LogP contribution in [0, 0.1) is 5.41 Å². The number of carbonyl (C=O) groups excluding carboxylic acids is 2. The van der Waals surface area contributed by atoms with Crippen LogP contribution in [0.25, 0.3) is 11.3 Å². The molecule has 30 heavy (non-hydrogen) atoms. The number of likely N-dealkylation sites (tertiary alicyclic amines) is 1. The number of aliphatic hydroxyl groups is 2. The molecule has 3 atom stereocenters. The Morgan fingerprint density at radius 2 is 1.93 bits per heavy atom. The van der Waals surface area contributed by atoms with Gasteiger partial charge in [-0.15, -0.1) is 5.10 Å². The van der Waals surface area contributed by atoms with E-state index in [1.54, 1.807) is 18.3 Å². The highest BCUT2D eigenvalue weighted by atomic mass is 16.3. The number of hydrogen-bond donors (Lipinski definition) is 3. The van der Waals surface area contributed by atoms with Gasteiger partial charge in [0, 0.05) is 25.6 Å². The van der Waals surface area contributed by atoms with E-state index in [9.17, 15) is 19.8 Å². The van der Waals surface area contributed by atoms with Crippen LogP contribution in [0.4, 0.5) is 0 Å². The Kier molecular flexibility index (Phi) is 6.23. The molecule has 3 N–H and O–H groups in total. The molecule has 1 aromatic heterocycles. The zero-order valence-electron chi connectivity index (χ0n) is 17.7. The molecule has 9 heteroatoms. The lowest BCUT2D eigenvalue weighted by Gasteiger charge is -2.34. The Morgan fingerprint density at radius 1 is 1.27 bits per heavy atom. The molecule has 0 saturated carbocycles. The molecule has 0 unspecified atom stereocenters. The quantitative estimate of drug-likeness (QED) is 0.662. The molecule has 0 spiro atoms. The van der Waals surface area contributed by atoms with Crippen LogP contribution in [0.2, 0.25) is 0 Å². The van der Waals surface area contributed by atoms with E-state index >= 15 is 0 Å². The molecular weight excluding hydrogens is 386 g/mol. The lowest BCUT2D eigenvalue weighted by atomic mass is 9.85. The van der Waals surface area contributed by atoms with Crippen LogP contribution in [-0.2, 0) is 16.2 Å². The minimum atomic E-state index is -0.742. The number of β-amino-alcohol motifs (C(OH)–C–C–N with tert-alkyl or cyclic N) is 1. The maximum atomic E-state index is 13.5. The summed E-state index contributed by atoms with van der Waals surface area (Å²) in [4.78, 5) is 27.2. The number of amides is 2. The number of rotatable bonds is 5. The highest BCUT2D eigenvalue weighted by molar-refractivity contribution is 5.90. The molecule has 2 aromatic rings. The van der Waals surface area contributed by atoms with E-state index in [0.29, 0.717) is 5.69 Å². The third-order valence-electron chi connectivity index (χ3n) is 5.37. The van der Waals surface area contributed by atoms with Crippen molar-refractivity contribution < 1.29 is 19.8 Å². The number of hydrogen-bond acceptors (Lipinski definition) is 6. The first-order valence-electron chi connectivity index (χ1n) is 9.98. The fourth-order valence-electron chi connectivity index (χ4n) is 3.83. The second-order valence-corrected chi connectivity index (χ2v) is 8.72. The van der Waals surface area contributed by atoms with Crippen molar-refractivity contribution in [2.45, 2.75) is 52.0 Å². The van der Waals surface area contributed by atoms with Crippen LogP contribution >= 0.6 is 0 Å². The standard InChI is InChI=1S/C21H29N5O4/c1-21(2,3)18(20(30)25-10-15(28)9-17(25)19(29)22-4)26-11-16(23-24-26)14-7-5-13(12-27)6-8-14/h5-8,11,15,17-18,27-28H,9-10,12H2,1-4H3,(H,22,29)/t15-,17+,18-/m1/s1. The van der Waals surface area contributed by atoms with Gasteiger partial charge in [0.1, 0.15) is 17.8 Å². The Hall–Kier alpha value is -2.78. The van der Waals surface area contributed by atoms with Crippen LogP contribution in [-0.4, -0.2) is 67.7 Å². The molecule has 1 fully saturated rings. The first kappa shape index (κ1) is 21.9. The summed E-state index contributed by atoms with van der Waals surface area (Å²) in [7, 11) is 1.52. The van der Waals surface area contributed by atoms with E-state index in [-0.39, 0.29) is 31.4 Å². The smallest absolute Gasteiger partial charge is 0.248 e. The van der Waals surface area contributed by atoms with E-state index in [4.69, 9.17) is 0 Å². The van der Waals surface area contributed by atoms with Crippen LogP contribution in [0.5, 0.6) is 0 Å². The van der Waals surface area contributed by atoms with Gasteiger partial charge < -0.3 is 20.4 Å². The van der Waals surface area contributed by atoms with Gasteiger partial charge in [0.2, 0.25) is 11.8 Å². The van der Waals surface area contributed by atoms with Crippen LogP contribution in [0.15, 0.2) is 30.5 Å². The van der Waals surface area contributed by atoms with Crippen molar-refractivity contribution in [1.82, 2.24) is 25.2 Å². The second-order valence-electron chi connectivity index (χ2n) is 8.72. The zero-order chi connectivity index (χ0) is 22.1. The van der Waals surface area contributed by atoms with Crippen molar-refractivity contribution in [3.05, 3.63) is 36.0 Å². The fraction of sp³-hybridized carbons (Fsp3) is 0.524. The van der Waals surface area contributed by atoms with Crippen molar-refractivity contribution in [3.63, 3.8) is 0 Å². The van der Waals surface area contributed by atoms with E-state index in [1.165, 1.54) is 16.6 Å². The normalized spacial score (nSPS) is 20.3. The molecule has 0 radical (unpaired) electrons. The predicted octanol–water partition coefficient (Wildman–Crippen LogP) is 0.732.